The van der Waals surface area contributed by atoms with E-state index in [1.165, 1.54) is 18.4 Å². The molecule has 0 spiro atoms. The molecular weight excluding hydrogens is 260 g/mol. The van der Waals surface area contributed by atoms with Gasteiger partial charge in [0.25, 0.3) is 0 Å². The lowest BCUT2D eigenvalue weighted by Crippen LogP contribution is -2.20. The van der Waals surface area contributed by atoms with Crippen LogP contribution >= 0.6 is 0 Å². The molecule has 2 unspecified atom stereocenters. The van der Waals surface area contributed by atoms with Crippen molar-refractivity contribution in [1.29, 1.82) is 0 Å². The summed E-state index contributed by atoms with van der Waals surface area (Å²) in [5.41, 5.74) is 1.26. The highest BCUT2D eigenvalue weighted by Crippen LogP contribution is 2.47. The van der Waals surface area contributed by atoms with Gasteiger partial charge in [-0.15, -0.1) is 0 Å². The number of aliphatic hydroxyl groups is 1. The molecule has 0 amide bonds. The quantitative estimate of drug-likeness (QED) is 0.819. The van der Waals surface area contributed by atoms with Crippen molar-refractivity contribution < 1.29 is 13.9 Å². The van der Waals surface area contributed by atoms with E-state index >= 15 is 0 Å². The summed E-state index contributed by atoms with van der Waals surface area (Å²) in [5, 5.41) is 9.98. The van der Waals surface area contributed by atoms with Crippen molar-refractivity contribution in [2.45, 2.75) is 49.0 Å². The standard InChI is InChI=1S/C15H20O3S/c16-13-7-10-1-2-12(9-13)15(8-10)11-3-5-14(6-4-11)19(17)18/h3-6,10,12-13,15-16H,1-2,7-9H2,(H,17,18)/t10-,12+,13+,15?/m0/s1. The largest absolute Gasteiger partial charge is 0.393 e. The Morgan fingerprint density at radius 2 is 1.79 bits per heavy atom. The number of hydrogen-bond donors (Lipinski definition) is 2. The van der Waals surface area contributed by atoms with Gasteiger partial charge in [0.1, 0.15) is 0 Å². The Kier molecular flexibility index (Phi) is 3.74. The van der Waals surface area contributed by atoms with Crippen LogP contribution in [0.25, 0.3) is 0 Å². The molecule has 3 saturated carbocycles. The van der Waals surface area contributed by atoms with E-state index in [1.807, 2.05) is 12.1 Å². The first-order valence-electron chi connectivity index (χ1n) is 7.02. The van der Waals surface area contributed by atoms with E-state index in [-0.39, 0.29) is 6.10 Å². The zero-order valence-electron chi connectivity index (χ0n) is 10.9. The Bertz CT molecular complexity index is 471. The smallest absolute Gasteiger partial charge is 0.186 e. The topological polar surface area (TPSA) is 57.5 Å². The highest BCUT2D eigenvalue weighted by Gasteiger charge is 2.37. The molecule has 0 heterocycles. The van der Waals surface area contributed by atoms with Crippen molar-refractivity contribution >= 4 is 11.1 Å². The van der Waals surface area contributed by atoms with Crippen molar-refractivity contribution in [2.75, 3.05) is 0 Å². The molecule has 3 aliphatic rings. The van der Waals surface area contributed by atoms with Crippen LogP contribution in [0.3, 0.4) is 0 Å². The second kappa shape index (κ2) is 5.35. The molecule has 2 bridgehead atoms. The predicted molar refractivity (Wildman–Crippen MR) is 74.3 cm³/mol. The fourth-order valence-corrected chi connectivity index (χ4v) is 4.26. The van der Waals surface area contributed by atoms with E-state index in [4.69, 9.17) is 4.55 Å². The van der Waals surface area contributed by atoms with Crippen molar-refractivity contribution in [2.24, 2.45) is 11.8 Å². The normalized spacial score (nSPS) is 35.9. The second-order valence-electron chi connectivity index (χ2n) is 5.99. The zero-order valence-corrected chi connectivity index (χ0v) is 11.7. The third kappa shape index (κ3) is 2.76. The van der Waals surface area contributed by atoms with E-state index in [9.17, 15) is 9.32 Å². The first-order valence-corrected chi connectivity index (χ1v) is 8.13. The van der Waals surface area contributed by atoms with Gasteiger partial charge < -0.3 is 9.66 Å². The van der Waals surface area contributed by atoms with Crippen LogP contribution in [0.4, 0.5) is 0 Å². The van der Waals surface area contributed by atoms with Crippen LogP contribution in [-0.4, -0.2) is 20.0 Å². The van der Waals surface area contributed by atoms with E-state index in [1.54, 1.807) is 12.1 Å². The fraction of sp³-hybridized carbons (Fsp3) is 0.600. The summed E-state index contributed by atoms with van der Waals surface area (Å²) in [4.78, 5) is 0.461. The van der Waals surface area contributed by atoms with Crippen LogP contribution < -0.4 is 0 Å². The first-order chi connectivity index (χ1) is 9.13. The van der Waals surface area contributed by atoms with Gasteiger partial charge in [-0.25, -0.2) is 4.21 Å². The van der Waals surface area contributed by atoms with E-state index in [2.05, 4.69) is 0 Å². The van der Waals surface area contributed by atoms with Gasteiger partial charge in [0.15, 0.2) is 11.1 Å². The molecule has 4 heteroatoms. The maximum absolute atomic E-state index is 11.0. The number of rotatable bonds is 2. The van der Waals surface area contributed by atoms with Crippen LogP contribution in [0, 0.1) is 11.8 Å². The monoisotopic (exact) mass is 280 g/mol. The Hall–Kier alpha value is -0.710. The average molecular weight is 280 g/mol. The van der Waals surface area contributed by atoms with Crippen LogP contribution in [0.2, 0.25) is 0 Å². The van der Waals surface area contributed by atoms with Crippen LogP contribution in [0.15, 0.2) is 29.2 Å². The molecule has 104 valence electrons. The number of hydrogen-bond acceptors (Lipinski definition) is 2. The Morgan fingerprint density at radius 1 is 1.05 bits per heavy atom. The maximum Gasteiger partial charge on any atom is 0.186 e. The molecule has 0 aliphatic heterocycles. The van der Waals surface area contributed by atoms with Gasteiger partial charge in [-0.1, -0.05) is 18.6 Å². The lowest BCUT2D eigenvalue weighted by Gasteiger charge is -2.32. The van der Waals surface area contributed by atoms with Crippen molar-refractivity contribution in [3.63, 3.8) is 0 Å². The summed E-state index contributed by atoms with van der Waals surface area (Å²) in [6, 6.07) is 7.48. The summed E-state index contributed by atoms with van der Waals surface area (Å²) >= 11 is -1.89. The van der Waals surface area contributed by atoms with Gasteiger partial charge in [-0.3, -0.25) is 0 Å². The molecule has 3 aliphatic carbocycles. The molecule has 0 radical (unpaired) electrons. The fourth-order valence-electron chi connectivity index (χ4n) is 3.89. The minimum atomic E-state index is -1.89. The minimum Gasteiger partial charge on any atom is -0.393 e. The number of benzene rings is 1. The van der Waals surface area contributed by atoms with Crippen LogP contribution in [0.5, 0.6) is 0 Å². The molecule has 4 rings (SSSR count). The van der Waals surface area contributed by atoms with E-state index in [0.29, 0.717) is 22.6 Å². The van der Waals surface area contributed by atoms with Crippen LogP contribution in [-0.2, 0) is 11.1 Å². The van der Waals surface area contributed by atoms with Gasteiger partial charge in [0, 0.05) is 0 Å². The summed E-state index contributed by atoms with van der Waals surface area (Å²) < 4.78 is 20.0. The predicted octanol–water partition coefficient (Wildman–Crippen LogP) is 2.92. The molecule has 0 aromatic heterocycles. The Balaban J connectivity index is 1.83. The van der Waals surface area contributed by atoms with Gasteiger partial charge in [0.05, 0.1) is 11.0 Å². The maximum atomic E-state index is 11.0. The zero-order chi connectivity index (χ0) is 13.4. The third-order valence-electron chi connectivity index (χ3n) is 4.79. The van der Waals surface area contributed by atoms with E-state index < -0.39 is 11.1 Å². The van der Waals surface area contributed by atoms with Gasteiger partial charge in [-0.05, 0) is 61.1 Å². The molecular formula is C15H20O3S. The van der Waals surface area contributed by atoms with Crippen molar-refractivity contribution in [3.8, 4) is 0 Å². The van der Waals surface area contributed by atoms with E-state index in [0.717, 1.165) is 19.3 Å². The summed E-state index contributed by atoms with van der Waals surface area (Å²) in [5.74, 6) is 1.72. The number of aliphatic hydroxyl groups excluding tert-OH is 1. The molecule has 5 atom stereocenters. The molecule has 1 aromatic carbocycles. The van der Waals surface area contributed by atoms with Crippen molar-refractivity contribution in [1.82, 2.24) is 0 Å². The highest BCUT2D eigenvalue weighted by molar-refractivity contribution is 7.79. The second-order valence-corrected chi connectivity index (χ2v) is 6.96. The lowest BCUT2D eigenvalue weighted by molar-refractivity contribution is 0.140. The SMILES string of the molecule is O=S(O)c1ccc(C2C[C@H]3CC[C@@H]2C[C@H](O)C3)cc1. The Morgan fingerprint density at radius 3 is 2.47 bits per heavy atom. The molecule has 19 heavy (non-hydrogen) atoms. The summed E-state index contributed by atoms with van der Waals surface area (Å²) in [6.07, 6.45) is 5.34. The van der Waals surface area contributed by atoms with Gasteiger partial charge >= 0.3 is 0 Å². The van der Waals surface area contributed by atoms with Gasteiger partial charge in [-0.2, -0.15) is 0 Å². The third-order valence-corrected chi connectivity index (χ3v) is 5.47. The molecule has 3 fully saturated rings. The van der Waals surface area contributed by atoms with Crippen molar-refractivity contribution in [3.05, 3.63) is 29.8 Å². The first kappa shape index (κ1) is 13.3. The molecule has 0 saturated heterocycles. The number of fused-ring (bicyclic) bond motifs is 4. The van der Waals surface area contributed by atoms with Crippen LogP contribution in [0.1, 0.15) is 43.6 Å². The Labute approximate surface area is 116 Å². The highest BCUT2D eigenvalue weighted by atomic mass is 32.2. The molecule has 3 nitrogen and oxygen atoms in total. The molecule has 1 aromatic rings. The lowest BCUT2D eigenvalue weighted by atomic mass is 9.72. The summed E-state index contributed by atoms with van der Waals surface area (Å²) in [6.45, 7) is 0. The minimum absolute atomic E-state index is 0.133. The summed E-state index contributed by atoms with van der Waals surface area (Å²) in [7, 11) is 0. The molecule has 2 N–H and O–H groups in total. The van der Waals surface area contributed by atoms with Gasteiger partial charge in [0.2, 0.25) is 0 Å². The average Bonchev–Trinajstić information content (AvgIpc) is 2.67.